The third-order valence-electron chi connectivity index (χ3n) is 4.36. The van der Waals surface area contributed by atoms with Gasteiger partial charge in [0.1, 0.15) is 41.4 Å². The molecule has 9 heteroatoms. The summed E-state index contributed by atoms with van der Waals surface area (Å²) < 4.78 is 33.8. The van der Waals surface area contributed by atoms with Crippen molar-refractivity contribution in [1.29, 1.82) is 0 Å². The average molecular weight is 372 g/mol. The molecule has 1 fully saturated rings. The van der Waals surface area contributed by atoms with Crippen LogP contribution >= 0.6 is 0 Å². The fourth-order valence-corrected chi connectivity index (χ4v) is 2.90. The summed E-state index contributed by atoms with van der Waals surface area (Å²) in [6, 6.07) is 3.10. The lowest BCUT2D eigenvalue weighted by Crippen LogP contribution is -2.30. The normalized spacial score (nSPS) is 24.8. The second-order valence-corrected chi connectivity index (χ2v) is 6.13. The van der Waals surface area contributed by atoms with Gasteiger partial charge in [-0.3, -0.25) is 4.57 Å². The first-order valence-corrected chi connectivity index (χ1v) is 8.12. The van der Waals surface area contributed by atoms with E-state index in [9.17, 15) is 19.0 Å². The van der Waals surface area contributed by atoms with Gasteiger partial charge in [-0.15, -0.1) is 0 Å². The molecule has 4 atom stereocenters. The molecule has 7 nitrogen and oxygen atoms in total. The monoisotopic (exact) mass is 372 g/mol. The summed E-state index contributed by atoms with van der Waals surface area (Å²) in [7, 11) is 0. The van der Waals surface area contributed by atoms with Crippen molar-refractivity contribution in [3.8, 4) is 11.8 Å². The van der Waals surface area contributed by atoms with Crippen LogP contribution in [0, 0.1) is 23.5 Å². The smallest absolute Gasteiger partial charge is 0.166 e. The molecule has 0 aliphatic carbocycles. The zero-order valence-electron chi connectivity index (χ0n) is 14.0. The molecule has 3 heterocycles. The summed E-state index contributed by atoms with van der Waals surface area (Å²) in [6.45, 7) is 1.65. The third kappa shape index (κ3) is 3.04. The van der Waals surface area contributed by atoms with Gasteiger partial charge in [-0.25, -0.2) is 23.7 Å². The fraction of sp³-hybridized carbons (Fsp3) is 0.278. The summed E-state index contributed by atoms with van der Waals surface area (Å²) in [5, 5.41) is 20.1. The van der Waals surface area contributed by atoms with Crippen molar-refractivity contribution in [3.05, 3.63) is 53.7 Å². The van der Waals surface area contributed by atoms with Gasteiger partial charge in [0.2, 0.25) is 0 Å². The number of aromatic nitrogens is 4. The third-order valence-corrected chi connectivity index (χ3v) is 4.36. The van der Waals surface area contributed by atoms with Crippen LogP contribution in [0.25, 0.3) is 11.2 Å². The van der Waals surface area contributed by atoms with E-state index >= 15 is 0 Å². The molecule has 4 rings (SSSR count). The van der Waals surface area contributed by atoms with Crippen molar-refractivity contribution in [2.75, 3.05) is 0 Å². The second-order valence-electron chi connectivity index (χ2n) is 6.13. The summed E-state index contributed by atoms with van der Waals surface area (Å²) in [5.74, 6) is 3.84. The molecule has 2 aromatic heterocycles. The van der Waals surface area contributed by atoms with E-state index in [4.69, 9.17) is 4.74 Å². The highest BCUT2D eigenvalue weighted by Gasteiger charge is 2.42. The molecular formula is C18H14F2N4O3. The molecule has 0 saturated carbocycles. The topological polar surface area (TPSA) is 93.3 Å². The highest BCUT2D eigenvalue weighted by atomic mass is 19.1. The molecule has 0 spiro atoms. The lowest BCUT2D eigenvalue weighted by Gasteiger charge is -2.16. The molecule has 2 N–H and O–H groups in total. The molecular weight excluding hydrogens is 358 g/mol. The number of nitrogens with zero attached hydrogens (tertiary/aromatic N) is 4. The average Bonchev–Trinajstić information content (AvgIpc) is 3.18. The quantitative estimate of drug-likeness (QED) is 0.623. The standard InChI is InChI=1S/C18H14F2N4O3/c1-9-15(25)16(26)18(27-9)24-8-23-14-13(21-7-22-17(14)24)5-3-10-2-4-11(19)6-12(10)20/h2,4,6-9,15-16,18,25-26H,1H3/t9-,15-,16-,18-/m1/s1. The van der Waals surface area contributed by atoms with Crippen molar-refractivity contribution in [1.82, 2.24) is 19.5 Å². The lowest BCUT2D eigenvalue weighted by molar-refractivity contribution is -0.0299. The molecule has 138 valence electrons. The van der Waals surface area contributed by atoms with Crippen LogP contribution in [0.3, 0.4) is 0 Å². The van der Waals surface area contributed by atoms with Gasteiger partial charge in [0.25, 0.3) is 0 Å². The highest BCUT2D eigenvalue weighted by Crippen LogP contribution is 2.31. The molecule has 0 amide bonds. The van der Waals surface area contributed by atoms with Crippen LogP contribution in [-0.2, 0) is 4.74 Å². The van der Waals surface area contributed by atoms with Crippen molar-refractivity contribution in [2.24, 2.45) is 0 Å². The second kappa shape index (κ2) is 6.66. The van der Waals surface area contributed by atoms with Crippen LogP contribution in [0.2, 0.25) is 0 Å². The molecule has 1 saturated heterocycles. The predicted molar refractivity (Wildman–Crippen MR) is 89.3 cm³/mol. The Kier molecular flexibility index (Phi) is 4.31. The Morgan fingerprint density at radius 2 is 1.93 bits per heavy atom. The van der Waals surface area contributed by atoms with E-state index in [1.54, 1.807) is 6.92 Å². The molecule has 0 radical (unpaired) electrons. The van der Waals surface area contributed by atoms with Gasteiger partial charge in [0.05, 0.1) is 18.0 Å². The molecule has 1 aromatic carbocycles. The minimum atomic E-state index is -1.14. The van der Waals surface area contributed by atoms with E-state index in [-0.39, 0.29) is 11.3 Å². The summed E-state index contributed by atoms with van der Waals surface area (Å²) in [5.41, 5.74) is 0.939. The van der Waals surface area contributed by atoms with Gasteiger partial charge in [0.15, 0.2) is 11.9 Å². The summed E-state index contributed by atoms with van der Waals surface area (Å²) in [4.78, 5) is 12.4. The van der Waals surface area contributed by atoms with E-state index in [0.29, 0.717) is 11.2 Å². The Morgan fingerprint density at radius 3 is 2.63 bits per heavy atom. The van der Waals surface area contributed by atoms with Gasteiger partial charge in [-0.05, 0) is 25.0 Å². The minimum Gasteiger partial charge on any atom is -0.388 e. The maximum Gasteiger partial charge on any atom is 0.166 e. The number of fused-ring (bicyclic) bond motifs is 1. The number of hydrogen-bond donors (Lipinski definition) is 2. The van der Waals surface area contributed by atoms with E-state index in [0.717, 1.165) is 12.1 Å². The van der Waals surface area contributed by atoms with E-state index in [1.807, 2.05) is 0 Å². The number of aliphatic hydroxyl groups is 2. The number of aliphatic hydroxyl groups excluding tert-OH is 2. The van der Waals surface area contributed by atoms with Gasteiger partial charge in [0, 0.05) is 6.07 Å². The Labute approximate surface area is 152 Å². The Morgan fingerprint density at radius 1 is 1.11 bits per heavy atom. The van der Waals surface area contributed by atoms with Crippen LogP contribution in [0.4, 0.5) is 8.78 Å². The fourth-order valence-electron chi connectivity index (χ4n) is 2.90. The van der Waals surface area contributed by atoms with Crippen molar-refractivity contribution >= 4 is 11.2 Å². The van der Waals surface area contributed by atoms with E-state index in [2.05, 4.69) is 26.8 Å². The predicted octanol–water partition coefficient (Wildman–Crippen LogP) is 1.14. The molecule has 1 aliphatic rings. The number of ether oxygens (including phenoxy) is 1. The largest absolute Gasteiger partial charge is 0.388 e. The van der Waals surface area contributed by atoms with E-state index in [1.165, 1.54) is 23.3 Å². The highest BCUT2D eigenvalue weighted by molar-refractivity contribution is 5.76. The minimum absolute atomic E-state index is 0.0223. The Balaban J connectivity index is 1.73. The molecule has 0 bridgehead atoms. The summed E-state index contributed by atoms with van der Waals surface area (Å²) in [6.07, 6.45) is -0.922. The lowest BCUT2D eigenvalue weighted by atomic mass is 10.1. The zero-order chi connectivity index (χ0) is 19.1. The van der Waals surface area contributed by atoms with Crippen molar-refractivity contribution in [2.45, 2.75) is 31.5 Å². The van der Waals surface area contributed by atoms with Gasteiger partial charge < -0.3 is 14.9 Å². The first-order chi connectivity index (χ1) is 13.0. The number of halogens is 2. The van der Waals surface area contributed by atoms with Crippen LogP contribution < -0.4 is 0 Å². The zero-order valence-corrected chi connectivity index (χ0v) is 14.0. The van der Waals surface area contributed by atoms with Crippen LogP contribution in [0.1, 0.15) is 24.4 Å². The SMILES string of the molecule is C[C@H]1O[C@@H](n2cnc3c(C#Cc4ccc(F)cc4F)ncnc32)[C@H](O)[C@@H]1O. The Bertz CT molecular complexity index is 1080. The van der Waals surface area contributed by atoms with Crippen LogP contribution in [0.15, 0.2) is 30.9 Å². The molecule has 3 aromatic rings. The van der Waals surface area contributed by atoms with Crippen LogP contribution in [0.5, 0.6) is 0 Å². The number of imidazole rings is 1. The number of hydrogen-bond acceptors (Lipinski definition) is 6. The first-order valence-electron chi connectivity index (χ1n) is 8.12. The van der Waals surface area contributed by atoms with Gasteiger partial charge >= 0.3 is 0 Å². The summed E-state index contributed by atoms with van der Waals surface area (Å²) >= 11 is 0. The van der Waals surface area contributed by atoms with Crippen LogP contribution in [-0.4, -0.2) is 48.0 Å². The first kappa shape index (κ1) is 17.5. The van der Waals surface area contributed by atoms with Crippen molar-refractivity contribution in [3.63, 3.8) is 0 Å². The maximum atomic E-state index is 13.7. The Hall–Kier alpha value is -2.93. The molecule has 27 heavy (non-hydrogen) atoms. The maximum absolute atomic E-state index is 13.7. The van der Waals surface area contributed by atoms with Crippen molar-refractivity contribution < 1.29 is 23.7 Å². The molecule has 1 aliphatic heterocycles. The van der Waals surface area contributed by atoms with E-state index < -0.39 is 36.2 Å². The molecule has 0 unspecified atom stereocenters. The number of rotatable bonds is 1. The van der Waals surface area contributed by atoms with Gasteiger partial charge in [-0.2, -0.15) is 0 Å². The number of benzene rings is 1. The van der Waals surface area contributed by atoms with Gasteiger partial charge in [-0.1, -0.05) is 5.92 Å².